The first kappa shape index (κ1) is 15.4. The summed E-state index contributed by atoms with van der Waals surface area (Å²) in [5.74, 6) is -0.697. The normalized spacial score (nSPS) is 11.4. The van der Waals surface area contributed by atoms with Crippen molar-refractivity contribution in [3.05, 3.63) is 27.4 Å². The van der Waals surface area contributed by atoms with Crippen LogP contribution in [0.1, 0.15) is 20.8 Å². The van der Waals surface area contributed by atoms with Crippen molar-refractivity contribution in [2.45, 2.75) is 26.3 Å². The Kier molecular flexibility index (Phi) is 5.13. The molecule has 3 nitrogen and oxygen atoms in total. The van der Waals surface area contributed by atoms with E-state index < -0.39 is 5.82 Å². The second-order valence-corrected chi connectivity index (χ2v) is 6.16. The van der Waals surface area contributed by atoms with Crippen molar-refractivity contribution in [3.8, 4) is 0 Å². The van der Waals surface area contributed by atoms with Crippen LogP contribution in [0.4, 0.5) is 10.1 Å². The molecule has 0 bridgehead atoms. The third kappa shape index (κ3) is 4.92. The van der Waals surface area contributed by atoms with Gasteiger partial charge in [-0.2, -0.15) is 0 Å². The van der Waals surface area contributed by atoms with Crippen LogP contribution in [-0.4, -0.2) is 18.0 Å². The van der Waals surface area contributed by atoms with Crippen LogP contribution in [0.2, 0.25) is 5.02 Å². The van der Waals surface area contributed by atoms with E-state index in [0.717, 1.165) is 6.07 Å². The number of carbonyl (C=O) groups excluding carboxylic acids is 1. The zero-order chi connectivity index (χ0) is 13.9. The Bertz CT molecular complexity index is 437. The summed E-state index contributed by atoms with van der Waals surface area (Å²) in [5, 5.41) is 5.84. The summed E-state index contributed by atoms with van der Waals surface area (Å²) in [6, 6.07) is 2.40. The molecule has 0 heterocycles. The van der Waals surface area contributed by atoms with Gasteiger partial charge in [-0.25, -0.2) is 4.39 Å². The number of carbonyl (C=O) groups is 1. The summed E-state index contributed by atoms with van der Waals surface area (Å²) in [7, 11) is 0. The largest absolute Gasteiger partial charge is 0.323 e. The van der Waals surface area contributed by atoms with E-state index in [2.05, 4.69) is 26.6 Å². The summed E-state index contributed by atoms with van der Waals surface area (Å²) >= 11 is 9.02. The van der Waals surface area contributed by atoms with Gasteiger partial charge in [-0.15, -0.1) is 0 Å². The van der Waals surface area contributed by atoms with Gasteiger partial charge in [0, 0.05) is 10.0 Å². The standard InChI is InChI=1S/C12H15BrClFN2O/c1-12(2,3)16-6-10(18)17-11-8(13)4-7(15)5-9(11)14/h4-5,16H,6H2,1-3H3,(H,17,18). The second-order valence-electron chi connectivity index (χ2n) is 4.90. The smallest absolute Gasteiger partial charge is 0.238 e. The molecule has 1 amide bonds. The molecule has 0 aliphatic carbocycles. The van der Waals surface area contributed by atoms with Crippen LogP contribution < -0.4 is 10.6 Å². The maximum absolute atomic E-state index is 13.0. The van der Waals surface area contributed by atoms with E-state index in [1.807, 2.05) is 20.8 Å². The summed E-state index contributed by atoms with van der Waals surface area (Å²) < 4.78 is 13.4. The van der Waals surface area contributed by atoms with Gasteiger partial charge in [-0.1, -0.05) is 11.6 Å². The lowest BCUT2D eigenvalue weighted by Gasteiger charge is -2.20. The van der Waals surface area contributed by atoms with Crippen LogP contribution in [0.15, 0.2) is 16.6 Å². The van der Waals surface area contributed by atoms with Crippen molar-refractivity contribution in [1.82, 2.24) is 5.32 Å². The van der Waals surface area contributed by atoms with Gasteiger partial charge in [0.25, 0.3) is 0 Å². The van der Waals surface area contributed by atoms with Gasteiger partial charge >= 0.3 is 0 Å². The molecular formula is C12H15BrClFN2O. The average Bonchev–Trinajstić information content (AvgIpc) is 2.19. The van der Waals surface area contributed by atoms with E-state index in [4.69, 9.17) is 11.6 Å². The first-order chi connectivity index (χ1) is 8.19. The molecule has 18 heavy (non-hydrogen) atoms. The molecule has 0 fully saturated rings. The number of hydrogen-bond acceptors (Lipinski definition) is 2. The van der Waals surface area contributed by atoms with Crippen molar-refractivity contribution in [2.75, 3.05) is 11.9 Å². The van der Waals surface area contributed by atoms with E-state index in [1.165, 1.54) is 6.07 Å². The van der Waals surface area contributed by atoms with Gasteiger partial charge in [0.15, 0.2) is 0 Å². The Morgan fingerprint density at radius 2 is 2.06 bits per heavy atom. The minimum absolute atomic E-state index is 0.152. The zero-order valence-electron chi connectivity index (χ0n) is 10.4. The molecular weight excluding hydrogens is 322 g/mol. The van der Waals surface area contributed by atoms with Crippen molar-refractivity contribution >= 4 is 39.1 Å². The lowest BCUT2D eigenvalue weighted by molar-refractivity contribution is -0.115. The fourth-order valence-electron chi connectivity index (χ4n) is 1.19. The van der Waals surface area contributed by atoms with Gasteiger partial charge in [-0.05, 0) is 48.8 Å². The third-order valence-electron chi connectivity index (χ3n) is 2.05. The fraction of sp³-hybridized carbons (Fsp3) is 0.417. The first-order valence-electron chi connectivity index (χ1n) is 5.38. The molecule has 6 heteroatoms. The van der Waals surface area contributed by atoms with E-state index in [-0.39, 0.29) is 23.0 Å². The van der Waals surface area contributed by atoms with Crippen LogP contribution in [-0.2, 0) is 4.79 Å². The van der Waals surface area contributed by atoms with E-state index in [0.29, 0.717) is 10.2 Å². The molecule has 0 radical (unpaired) electrons. The molecule has 2 N–H and O–H groups in total. The van der Waals surface area contributed by atoms with E-state index in [1.54, 1.807) is 0 Å². The van der Waals surface area contributed by atoms with Crippen molar-refractivity contribution < 1.29 is 9.18 Å². The molecule has 0 aliphatic rings. The Labute approximate surface area is 119 Å². The predicted molar refractivity (Wildman–Crippen MR) is 75.5 cm³/mol. The number of rotatable bonds is 3. The van der Waals surface area contributed by atoms with Crippen molar-refractivity contribution in [3.63, 3.8) is 0 Å². The number of amides is 1. The van der Waals surface area contributed by atoms with Gasteiger partial charge in [0.1, 0.15) is 5.82 Å². The Hall–Kier alpha value is -0.650. The van der Waals surface area contributed by atoms with E-state index in [9.17, 15) is 9.18 Å². The lowest BCUT2D eigenvalue weighted by atomic mass is 10.1. The molecule has 1 rings (SSSR count). The molecule has 0 saturated carbocycles. The van der Waals surface area contributed by atoms with Gasteiger partial charge < -0.3 is 10.6 Å². The average molecular weight is 338 g/mol. The topological polar surface area (TPSA) is 41.1 Å². The minimum atomic E-state index is -0.460. The molecule has 0 aliphatic heterocycles. The summed E-state index contributed by atoms with van der Waals surface area (Å²) in [6.45, 7) is 6.03. The van der Waals surface area contributed by atoms with Crippen LogP contribution in [0, 0.1) is 5.82 Å². The molecule has 1 aromatic carbocycles. The quantitative estimate of drug-likeness (QED) is 0.885. The molecule has 100 valence electrons. The summed E-state index contributed by atoms with van der Waals surface area (Å²) in [5.41, 5.74) is 0.222. The highest BCUT2D eigenvalue weighted by Crippen LogP contribution is 2.31. The van der Waals surface area contributed by atoms with Gasteiger partial charge in [0.05, 0.1) is 17.3 Å². The summed E-state index contributed by atoms with van der Waals surface area (Å²) in [6.07, 6.45) is 0. The fourth-order valence-corrected chi connectivity index (χ4v) is 2.09. The highest BCUT2D eigenvalue weighted by Gasteiger charge is 2.14. The molecule has 0 saturated heterocycles. The molecule has 0 aromatic heterocycles. The number of hydrogen-bond donors (Lipinski definition) is 2. The van der Waals surface area contributed by atoms with Crippen molar-refractivity contribution in [1.29, 1.82) is 0 Å². The lowest BCUT2D eigenvalue weighted by Crippen LogP contribution is -2.41. The number of halogens is 3. The Balaban J connectivity index is 2.71. The minimum Gasteiger partial charge on any atom is -0.323 e. The maximum atomic E-state index is 13.0. The third-order valence-corrected chi connectivity index (χ3v) is 2.97. The number of benzene rings is 1. The van der Waals surface area contributed by atoms with E-state index >= 15 is 0 Å². The highest BCUT2D eigenvalue weighted by molar-refractivity contribution is 9.10. The Morgan fingerprint density at radius 3 is 2.56 bits per heavy atom. The van der Waals surface area contributed by atoms with Crippen LogP contribution in [0.5, 0.6) is 0 Å². The molecule has 0 unspecified atom stereocenters. The predicted octanol–water partition coefficient (Wildman–Crippen LogP) is 3.57. The van der Waals surface area contributed by atoms with Gasteiger partial charge in [0.2, 0.25) is 5.91 Å². The molecule has 0 atom stereocenters. The highest BCUT2D eigenvalue weighted by atomic mass is 79.9. The Morgan fingerprint density at radius 1 is 1.44 bits per heavy atom. The monoisotopic (exact) mass is 336 g/mol. The van der Waals surface area contributed by atoms with Crippen LogP contribution in [0.3, 0.4) is 0 Å². The molecule has 1 aromatic rings. The van der Waals surface area contributed by atoms with Crippen LogP contribution in [0.25, 0.3) is 0 Å². The second kappa shape index (κ2) is 5.99. The van der Waals surface area contributed by atoms with Crippen LogP contribution >= 0.6 is 27.5 Å². The summed E-state index contributed by atoms with van der Waals surface area (Å²) in [4.78, 5) is 11.7. The SMILES string of the molecule is CC(C)(C)NCC(=O)Nc1c(Cl)cc(F)cc1Br. The molecule has 0 spiro atoms. The van der Waals surface area contributed by atoms with Crippen molar-refractivity contribution in [2.24, 2.45) is 0 Å². The first-order valence-corrected chi connectivity index (χ1v) is 6.55. The zero-order valence-corrected chi connectivity index (χ0v) is 12.7. The van der Waals surface area contributed by atoms with Gasteiger partial charge in [-0.3, -0.25) is 4.79 Å². The number of nitrogens with one attached hydrogen (secondary N) is 2. The number of anilines is 1. The maximum Gasteiger partial charge on any atom is 0.238 e.